The van der Waals surface area contributed by atoms with E-state index in [-0.39, 0.29) is 11.8 Å². The molecule has 1 aromatic rings. The van der Waals surface area contributed by atoms with Crippen LogP contribution in [0.1, 0.15) is 30.7 Å². The highest BCUT2D eigenvalue weighted by atomic mass is 14.4. The van der Waals surface area contributed by atoms with Crippen molar-refractivity contribution in [2.75, 3.05) is 0 Å². The maximum absolute atomic E-state index is 9.07. The van der Waals surface area contributed by atoms with Crippen LogP contribution >= 0.6 is 0 Å². The van der Waals surface area contributed by atoms with Crippen molar-refractivity contribution in [3.8, 4) is 12.1 Å². The van der Waals surface area contributed by atoms with E-state index in [1.807, 2.05) is 36.4 Å². The molecular weight excluding hydrogens is 232 g/mol. The van der Waals surface area contributed by atoms with Crippen molar-refractivity contribution in [2.45, 2.75) is 25.2 Å². The third-order valence-corrected chi connectivity index (χ3v) is 3.83. The Balaban J connectivity index is 2.40. The molecule has 19 heavy (non-hydrogen) atoms. The van der Waals surface area contributed by atoms with Crippen LogP contribution in [0.3, 0.4) is 0 Å². The molecule has 2 nitrogen and oxygen atoms in total. The highest BCUT2D eigenvalue weighted by Gasteiger charge is 2.30. The lowest BCUT2D eigenvalue weighted by Gasteiger charge is -2.22. The summed E-state index contributed by atoms with van der Waals surface area (Å²) in [4.78, 5) is 0. The Labute approximate surface area is 114 Å². The van der Waals surface area contributed by atoms with Gasteiger partial charge in [0.2, 0.25) is 0 Å². The largest absolute Gasteiger partial charge is 0.192 e. The van der Waals surface area contributed by atoms with Crippen LogP contribution in [0.2, 0.25) is 0 Å². The molecule has 2 heteroatoms. The number of nitriles is 2. The number of hydrogen-bond donors (Lipinski definition) is 0. The molecule has 0 amide bonds. The van der Waals surface area contributed by atoms with E-state index in [4.69, 9.17) is 10.5 Å². The third-order valence-electron chi connectivity index (χ3n) is 3.83. The van der Waals surface area contributed by atoms with Crippen molar-refractivity contribution in [1.82, 2.24) is 0 Å². The van der Waals surface area contributed by atoms with Crippen LogP contribution in [-0.2, 0) is 0 Å². The van der Waals surface area contributed by atoms with E-state index in [2.05, 4.69) is 18.7 Å². The summed E-state index contributed by atoms with van der Waals surface area (Å²) < 4.78 is 0. The lowest BCUT2D eigenvalue weighted by Crippen LogP contribution is -2.10. The van der Waals surface area contributed by atoms with Gasteiger partial charge in [-0.1, -0.05) is 36.4 Å². The molecule has 0 unspecified atom stereocenters. The molecule has 0 radical (unpaired) electrons. The minimum Gasteiger partial charge on any atom is -0.192 e. The maximum atomic E-state index is 9.07. The molecular formula is C17H16N2. The minimum atomic E-state index is 0.190. The lowest BCUT2D eigenvalue weighted by molar-refractivity contribution is 0.564. The Morgan fingerprint density at radius 1 is 1.26 bits per heavy atom. The van der Waals surface area contributed by atoms with Gasteiger partial charge in [0.25, 0.3) is 0 Å². The standard InChI is InChI=1S/C17H16N2/c1-2-15(13-7-4-3-5-8-13)17-10-6-9-16(17)14(11-18)12-19/h2-5,7-8,15,17H,1,6,9-10H2/t15-,17-/m0/s1. The van der Waals surface area contributed by atoms with Crippen molar-refractivity contribution < 1.29 is 0 Å². The molecule has 0 bridgehead atoms. The summed E-state index contributed by atoms with van der Waals surface area (Å²) >= 11 is 0. The van der Waals surface area contributed by atoms with Crippen molar-refractivity contribution in [2.24, 2.45) is 5.92 Å². The van der Waals surface area contributed by atoms with E-state index in [1.54, 1.807) is 0 Å². The van der Waals surface area contributed by atoms with Crippen LogP contribution in [0.4, 0.5) is 0 Å². The van der Waals surface area contributed by atoms with Gasteiger partial charge in [-0.15, -0.1) is 6.58 Å². The van der Waals surface area contributed by atoms with E-state index in [1.165, 1.54) is 5.56 Å². The molecule has 0 N–H and O–H groups in total. The second kappa shape index (κ2) is 6.03. The SMILES string of the molecule is C=C[C@@H](c1ccccc1)[C@@H]1CCCC1=C(C#N)C#N. The third kappa shape index (κ3) is 2.59. The second-order valence-electron chi connectivity index (χ2n) is 4.79. The van der Waals surface area contributed by atoms with Crippen LogP contribution in [0.5, 0.6) is 0 Å². The number of nitrogens with zero attached hydrogens (tertiary/aromatic N) is 2. The lowest BCUT2D eigenvalue weighted by atomic mass is 9.81. The zero-order valence-electron chi connectivity index (χ0n) is 10.8. The highest BCUT2D eigenvalue weighted by Crippen LogP contribution is 2.43. The number of hydrogen-bond acceptors (Lipinski definition) is 2. The van der Waals surface area contributed by atoms with E-state index in [9.17, 15) is 0 Å². The van der Waals surface area contributed by atoms with Crippen molar-refractivity contribution in [3.05, 3.63) is 59.7 Å². The Morgan fingerprint density at radius 2 is 1.95 bits per heavy atom. The molecule has 0 aliphatic heterocycles. The molecule has 0 heterocycles. The average molecular weight is 248 g/mol. The zero-order valence-corrected chi connectivity index (χ0v) is 10.8. The van der Waals surface area contributed by atoms with Gasteiger partial charge in [0.15, 0.2) is 0 Å². The fourth-order valence-corrected chi connectivity index (χ4v) is 2.96. The molecule has 1 aliphatic carbocycles. The first-order valence-electron chi connectivity index (χ1n) is 6.52. The van der Waals surface area contributed by atoms with Crippen LogP contribution in [0.15, 0.2) is 54.1 Å². The van der Waals surface area contributed by atoms with Gasteiger partial charge < -0.3 is 0 Å². The van der Waals surface area contributed by atoms with Crippen LogP contribution in [-0.4, -0.2) is 0 Å². The summed E-state index contributed by atoms with van der Waals surface area (Å²) in [6.45, 7) is 3.94. The molecule has 94 valence electrons. The van der Waals surface area contributed by atoms with Crippen molar-refractivity contribution in [3.63, 3.8) is 0 Å². The summed E-state index contributed by atoms with van der Waals surface area (Å²) in [6.07, 6.45) is 4.87. The fourth-order valence-electron chi connectivity index (χ4n) is 2.96. The molecule has 1 fully saturated rings. The van der Waals surface area contributed by atoms with Gasteiger partial charge in [-0.3, -0.25) is 0 Å². The topological polar surface area (TPSA) is 47.6 Å². The smallest absolute Gasteiger partial charge is 0.129 e. The molecule has 2 rings (SSSR count). The predicted molar refractivity (Wildman–Crippen MR) is 75.0 cm³/mol. The molecule has 1 saturated carbocycles. The predicted octanol–water partition coefficient (Wildman–Crippen LogP) is 4.10. The molecule has 0 saturated heterocycles. The van der Waals surface area contributed by atoms with Gasteiger partial charge >= 0.3 is 0 Å². The van der Waals surface area contributed by atoms with Crippen LogP contribution in [0.25, 0.3) is 0 Å². The van der Waals surface area contributed by atoms with Crippen LogP contribution < -0.4 is 0 Å². The molecule has 1 aromatic carbocycles. The summed E-state index contributed by atoms with van der Waals surface area (Å²) in [5.74, 6) is 0.435. The van der Waals surface area contributed by atoms with Gasteiger partial charge in [0.1, 0.15) is 17.7 Å². The molecule has 0 spiro atoms. The van der Waals surface area contributed by atoms with Crippen molar-refractivity contribution in [1.29, 1.82) is 10.5 Å². The Hall–Kier alpha value is -2.32. The average Bonchev–Trinajstić information content (AvgIpc) is 2.92. The van der Waals surface area contributed by atoms with E-state index in [0.717, 1.165) is 24.8 Å². The first-order chi connectivity index (χ1) is 9.31. The van der Waals surface area contributed by atoms with Gasteiger partial charge in [-0.25, -0.2) is 0 Å². The summed E-state index contributed by atoms with van der Waals surface area (Å²) in [5.41, 5.74) is 2.51. The normalized spacial score (nSPS) is 19.3. The summed E-state index contributed by atoms with van der Waals surface area (Å²) in [5, 5.41) is 18.1. The van der Waals surface area contributed by atoms with E-state index < -0.39 is 0 Å². The van der Waals surface area contributed by atoms with Crippen LogP contribution in [0, 0.1) is 28.6 Å². The Kier molecular flexibility index (Phi) is 4.16. The van der Waals surface area contributed by atoms with Gasteiger partial charge in [0, 0.05) is 5.92 Å². The van der Waals surface area contributed by atoms with E-state index >= 15 is 0 Å². The fraction of sp³-hybridized carbons (Fsp3) is 0.294. The van der Waals surface area contributed by atoms with Crippen molar-refractivity contribution >= 4 is 0 Å². The van der Waals surface area contributed by atoms with Gasteiger partial charge in [-0.05, 0) is 36.3 Å². The number of benzene rings is 1. The first kappa shape index (κ1) is 13.1. The minimum absolute atomic E-state index is 0.190. The Bertz CT molecular complexity index is 554. The quantitative estimate of drug-likeness (QED) is 0.597. The van der Waals surface area contributed by atoms with E-state index in [0.29, 0.717) is 5.57 Å². The van der Waals surface area contributed by atoms with Gasteiger partial charge in [-0.2, -0.15) is 10.5 Å². The molecule has 1 aliphatic rings. The zero-order chi connectivity index (χ0) is 13.7. The highest BCUT2D eigenvalue weighted by molar-refractivity contribution is 5.44. The summed E-state index contributed by atoms with van der Waals surface area (Å²) in [7, 11) is 0. The molecule has 2 atom stereocenters. The first-order valence-corrected chi connectivity index (χ1v) is 6.52. The number of allylic oxidation sites excluding steroid dienone is 3. The number of rotatable bonds is 3. The molecule has 0 aromatic heterocycles. The second-order valence-corrected chi connectivity index (χ2v) is 4.79. The Morgan fingerprint density at radius 3 is 2.53 bits per heavy atom. The monoisotopic (exact) mass is 248 g/mol. The van der Waals surface area contributed by atoms with Gasteiger partial charge in [0.05, 0.1) is 0 Å². The maximum Gasteiger partial charge on any atom is 0.129 e. The summed E-state index contributed by atoms with van der Waals surface area (Å²) in [6, 6.07) is 14.3.